The number of alkyl halides is 7. The Hall–Kier alpha value is -2.00. The Bertz CT molecular complexity index is 528. The van der Waals surface area contributed by atoms with E-state index in [2.05, 4.69) is 0 Å². The van der Waals surface area contributed by atoms with E-state index in [9.17, 15) is 35.5 Å². The molecule has 21 heavy (non-hydrogen) atoms. The summed E-state index contributed by atoms with van der Waals surface area (Å²) in [5.74, 6) is -6.26. The lowest BCUT2D eigenvalue weighted by Gasteiger charge is -2.18. The molecule has 0 unspecified atom stereocenters. The van der Waals surface area contributed by atoms with Crippen LogP contribution in [0.4, 0.5) is 36.4 Å². The molecule has 0 heterocycles. The van der Waals surface area contributed by atoms with E-state index < -0.39 is 47.9 Å². The van der Waals surface area contributed by atoms with Crippen molar-refractivity contribution in [1.82, 2.24) is 0 Å². The van der Waals surface area contributed by atoms with Crippen molar-refractivity contribution >= 4 is 11.7 Å². The van der Waals surface area contributed by atoms with Crippen LogP contribution >= 0.6 is 0 Å². The standard InChI is InChI=1S/C11H8F7NO2/c12-9(13)10(14,15)4-19-7-2-1-5(11(16,17)18)3-6(7)8(20)21/h1-3,9,19H,4H2,(H,20,21). The van der Waals surface area contributed by atoms with Crippen LogP contribution in [0.1, 0.15) is 15.9 Å². The lowest BCUT2D eigenvalue weighted by molar-refractivity contribution is -0.137. The van der Waals surface area contributed by atoms with E-state index in [1.165, 1.54) is 0 Å². The molecule has 0 amide bonds. The third kappa shape index (κ3) is 4.23. The lowest BCUT2D eigenvalue weighted by atomic mass is 10.1. The minimum absolute atomic E-state index is 0.227. The summed E-state index contributed by atoms with van der Waals surface area (Å²) < 4.78 is 86.5. The molecule has 0 radical (unpaired) electrons. The molecule has 0 saturated carbocycles. The Labute approximate surface area is 113 Å². The number of carboxylic acids is 1. The zero-order valence-electron chi connectivity index (χ0n) is 10.0. The second-order valence-electron chi connectivity index (χ2n) is 3.98. The Morgan fingerprint density at radius 3 is 2.19 bits per heavy atom. The van der Waals surface area contributed by atoms with Crippen LogP contribution in [-0.2, 0) is 6.18 Å². The molecule has 0 saturated heterocycles. The second kappa shape index (κ2) is 5.78. The fraction of sp³-hybridized carbons (Fsp3) is 0.364. The number of halogens is 7. The minimum Gasteiger partial charge on any atom is -0.478 e. The average molecular weight is 319 g/mol. The molecule has 0 aliphatic rings. The number of carboxylic acid groups (broad SMARTS) is 1. The van der Waals surface area contributed by atoms with Crippen molar-refractivity contribution in [1.29, 1.82) is 0 Å². The molecule has 0 spiro atoms. The average Bonchev–Trinajstić information content (AvgIpc) is 2.34. The number of aromatic carboxylic acids is 1. The zero-order chi connectivity index (χ0) is 16.4. The molecular weight excluding hydrogens is 311 g/mol. The number of benzene rings is 1. The van der Waals surface area contributed by atoms with Gasteiger partial charge in [0, 0.05) is 5.69 Å². The van der Waals surface area contributed by atoms with E-state index in [4.69, 9.17) is 5.11 Å². The van der Waals surface area contributed by atoms with Gasteiger partial charge in [-0.25, -0.2) is 13.6 Å². The first-order chi connectivity index (χ1) is 9.45. The monoisotopic (exact) mass is 319 g/mol. The van der Waals surface area contributed by atoms with Gasteiger partial charge >= 0.3 is 24.5 Å². The van der Waals surface area contributed by atoms with Gasteiger partial charge in [0.1, 0.15) is 0 Å². The zero-order valence-corrected chi connectivity index (χ0v) is 10.0. The van der Waals surface area contributed by atoms with Crippen LogP contribution in [0, 0.1) is 0 Å². The Morgan fingerprint density at radius 1 is 1.19 bits per heavy atom. The molecular formula is C11H8F7NO2. The van der Waals surface area contributed by atoms with Gasteiger partial charge in [-0.2, -0.15) is 22.0 Å². The topological polar surface area (TPSA) is 49.3 Å². The van der Waals surface area contributed by atoms with Gasteiger partial charge in [0.05, 0.1) is 17.7 Å². The van der Waals surface area contributed by atoms with E-state index in [1.807, 2.05) is 0 Å². The van der Waals surface area contributed by atoms with Gasteiger partial charge in [0.15, 0.2) is 0 Å². The van der Waals surface area contributed by atoms with Gasteiger partial charge in [-0.3, -0.25) is 0 Å². The smallest absolute Gasteiger partial charge is 0.416 e. The summed E-state index contributed by atoms with van der Waals surface area (Å²) in [7, 11) is 0. The fourth-order valence-corrected chi connectivity index (χ4v) is 1.34. The maximum absolute atomic E-state index is 12.7. The van der Waals surface area contributed by atoms with Crippen LogP contribution < -0.4 is 5.32 Å². The first-order valence-corrected chi connectivity index (χ1v) is 5.29. The second-order valence-corrected chi connectivity index (χ2v) is 3.98. The number of carbonyl (C=O) groups is 1. The van der Waals surface area contributed by atoms with Crippen molar-refractivity contribution in [3.05, 3.63) is 29.3 Å². The van der Waals surface area contributed by atoms with Crippen LogP contribution in [0.15, 0.2) is 18.2 Å². The summed E-state index contributed by atoms with van der Waals surface area (Å²) in [6.07, 6.45) is -8.82. The SMILES string of the molecule is O=C(O)c1cc(C(F)(F)F)ccc1NCC(F)(F)C(F)F. The third-order valence-electron chi connectivity index (χ3n) is 2.41. The highest BCUT2D eigenvalue weighted by Crippen LogP contribution is 2.32. The summed E-state index contributed by atoms with van der Waals surface area (Å²) in [6, 6.07) is 1.27. The Morgan fingerprint density at radius 2 is 1.76 bits per heavy atom. The third-order valence-corrected chi connectivity index (χ3v) is 2.41. The summed E-state index contributed by atoms with van der Waals surface area (Å²) >= 11 is 0. The lowest BCUT2D eigenvalue weighted by Crippen LogP contribution is -2.35. The molecule has 3 nitrogen and oxygen atoms in total. The van der Waals surface area contributed by atoms with E-state index >= 15 is 0 Å². The van der Waals surface area contributed by atoms with Gasteiger partial charge in [-0.1, -0.05) is 0 Å². The van der Waals surface area contributed by atoms with Crippen molar-refractivity contribution in [3.63, 3.8) is 0 Å². The van der Waals surface area contributed by atoms with Crippen LogP contribution in [0.25, 0.3) is 0 Å². The first kappa shape index (κ1) is 17.1. The van der Waals surface area contributed by atoms with Crippen LogP contribution in [0.2, 0.25) is 0 Å². The maximum atomic E-state index is 12.7. The van der Waals surface area contributed by atoms with Gasteiger partial charge < -0.3 is 10.4 Å². The van der Waals surface area contributed by atoms with E-state index in [-0.39, 0.29) is 6.07 Å². The number of nitrogens with one attached hydrogen (secondary N) is 1. The van der Waals surface area contributed by atoms with Gasteiger partial charge in [0.2, 0.25) is 0 Å². The predicted molar refractivity (Wildman–Crippen MR) is 57.8 cm³/mol. The number of anilines is 1. The van der Waals surface area contributed by atoms with Crippen LogP contribution in [0.3, 0.4) is 0 Å². The Kier molecular flexibility index (Phi) is 4.69. The predicted octanol–water partition coefficient (Wildman–Crippen LogP) is 3.72. The van der Waals surface area contributed by atoms with E-state index in [0.717, 1.165) is 0 Å². The van der Waals surface area contributed by atoms with Gasteiger partial charge in [0.25, 0.3) is 0 Å². The molecule has 0 aromatic heterocycles. The van der Waals surface area contributed by atoms with Crippen molar-refractivity contribution in [2.45, 2.75) is 18.5 Å². The molecule has 0 bridgehead atoms. The molecule has 0 fully saturated rings. The summed E-state index contributed by atoms with van der Waals surface area (Å²) in [6.45, 7) is -1.61. The minimum atomic E-state index is -4.82. The largest absolute Gasteiger partial charge is 0.478 e. The van der Waals surface area contributed by atoms with Gasteiger partial charge in [-0.05, 0) is 18.2 Å². The first-order valence-electron chi connectivity index (χ1n) is 5.29. The fourth-order valence-electron chi connectivity index (χ4n) is 1.34. The molecule has 1 aromatic carbocycles. The highest BCUT2D eigenvalue weighted by molar-refractivity contribution is 5.94. The van der Waals surface area contributed by atoms with Crippen molar-refractivity contribution in [2.24, 2.45) is 0 Å². The summed E-state index contributed by atoms with van der Waals surface area (Å²) in [5, 5.41) is 10.5. The van der Waals surface area contributed by atoms with Crippen molar-refractivity contribution in [2.75, 3.05) is 11.9 Å². The van der Waals surface area contributed by atoms with Crippen molar-refractivity contribution in [3.8, 4) is 0 Å². The van der Waals surface area contributed by atoms with E-state index in [0.29, 0.717) is 12.1 Å². The highest BCUT2D eigenvalue weighted by Gasteiger charge is 2.40. The molecule has 0 aliphatic heterocycles. The Balaban J connectivity index is 3.06. The molecule has 10 heteroatoms. The molecule has 2 N–H and O–H groups in total. The number of hydrogen-bond acceptors (Lipinski definition) is 2. The molecule has 1 rings (SSSR count). The maximum Gasteiger partial charge on any atom is 0.416 e. The van der Waals surface area contributed by atoms with Gasteiger partial charge in [-0.15, -0.1) is 0 Å². The molecule has 118 valence electrons. The number of rotatable bonds is 5. The highest BCUT2D eigenvalue weighted by atomic mass is 19.4. The van der Waals surface area contributed by atoms with Crippen molar-refractivity contribution < 1.29 is 40.6 Å². The summed E-state index contributed by atoms with van der Waals surface area (Å²) in [4.78, 5) is 10.8. The van der Waals surface area contributed by atoms with E-state index in [1.54, 1.807) is 5.32 Å². The number of hydrogen-bond donors (Lipinski definition) is 2. The normalized spacial score (nSPS) is 12.6. The molecule has 0 aliphatic carbocycles. The van der Waals surface area contributed by atoms with Crippen LogP contribution in [-0.4, -0.2) is 30.0 Å². The molecule has 1 aromatic rings. The quantitative estimate of drug-likeness (QED) is 0.813. The molecule has 0 atom stereocenters. The van der Waals surface area contributed by atoms with Crippen LogP contribution in [0.5, 0.6) is 0 Å². The summed E-state index contributed by atoms with van der Waals surface area (Å²) in [5.41, 5.74) is -2.86.